The monoisotopic (exact) mass is 415 g/mol. The summed E-state index contributed by atoms with van der Waals surface area (Å²) >= 11 is 0. The lowest BCUT2D eigenvalue weighted by molar-refractivity contribution is -0.116. The number of rotatable bonds is 4. The third-order valence-electron chi connectivity index (χ3n) is 7.69. The maximum atomic E-state index is 12.4. The highest BCUT2D eigenvalue weighted by Crippen LogP contribution is 2.52. The van der Waals surface area contributed by atoms with Crippen molar-refractivity contribution in [2.45, 2.75) is 25.8 Å². The molecule has 4 nitrogen and oxygen atoms in total. The van der Waals surface area contributed by atoms with Gasteiger partial charge in [-0.3, -0.25) is 4.79 Å². The molecule has 1 saturated heterocycles. The van der Waals surface area contributed by atoms with E-state index in [1.807, 2.05) is 18.2 Å². The van der Waals surface area contributed by atoms with Gasteiger partial charge in [-0.2, -0.15) is 0 Å². The lowest BCUT2D eigenvalue weighted by atomic mass is 9.61. The summed E-state index contributed by atoms with van der Waals surface area (Å²) in [4.78, 5) is 17.3. The molecule has 1 N–H and O–H groups in total. The number of hydrogen-bond donors (Lipinski definition) is 1. The predicted octanol–water partition coefficient (Wildman–Crippen LogP) is 3.98. The molecular weight excluding hydrogens is 382 g/mol. The Morgan fingerprint density at radius 2 is 2.03 bits per heavy atom. The summed E-state index contributed by atoms with van der Waals surface area (Å²) in [7, 11) is 4.45. The quantitative estimate of drug-likeness (QED) is 0.756. The highest BCUT2D eigenvalue weighted by Gasteiger charge is 2.49. The zero-order valence-corrected chi connectivity index (χ0v) is 18.8. The molecule has 1 saturated carbocycles. The molecule has 2 unspecified atom stereocenters. The van der Waals surface area contributed by atoms with Gasteiger partial charge in [-0.15, -0.1) is 0 Å². The molecule has 4 heteroatoms. The van der Waals surface area contributed by atoms with Crippen molar-refractivity contribution in [3.8, 4) is 0 Å². The summed E-state index contributed by atoms with van der Waals surface area (Å²) in [6, 6.07) is 8.83. The lowest BCUT2D eigenvalue weighted by Gasteiger charge is -2.51. The number of carbonyl (C=O) groups is 1. The van der Waals surface area contributed by atoms with Gasteiger partial charge in [0, 0.05) is 50.1 Å². The molecule has 162 valence electrons. The van der Waals surface area contributed by atoms with Gasteiger partial charge in [-0.1, -0.05) is 42.0 Å². The van der Waals surface area contributed by atoms with Crippen LogP contribution in [0.15, 0.2) is 66.0 Å². The largest absolute Gasteiger partial charge is 0.354 e. The van der Waals surface area contributed by atoms with Gasteiger partial charge in [0.05, 0.1) is 0 Å². The van der Waals surface area contributed by atoms with Crippen LogP contribution in [0.25, 0.3) is 6.08 Å². The number of carbonyl (C=O) groups excluding carboxylic acids is 1. The number of benzene rings is 1. The number of nitrogens with one attached hydrogen (secondary N) is 1. The van der Waals surface area contributed by atoms with Crippen molar-refractivity contribution in [1.29, 1.82) is 0 Å². The Balaban J connectivity index is 1.22. The number of allylic oxidation sites excluding steroid dienone is 4. The first kappa shape index (κ1) is 20.3. The smallest absolute Gasteiger partial charge is 0.244 e. The fraction of sp³-hybridized carbons (Fsp3) is 0.444. The molecule has 2 heterocycles. The summed E-state index contributed by atoms with van der Waals surface area (Å²) in [5.41, 5.74) is 5.34. The molecule has 0 aromatic heterocycles. The van der Waals surface area contributed by atoms with Crippen LogP contribution in [-0.4, -0.2) is 48.9 Å². The van der Waals surface area contributed by atoms with Crippen molar-refractivity contribution in [2.75, 3.05) is 27.2 Å². The van der Waals surface area contributed by atoms with Crippen LogP contribution < -0.4 is 5.32 Å². The Bertz CT molecular complexity index is 971. The Hall–Kier alpha value is -2.59. The summed E-state index contributed by atoms with van der Waals surface area (Å²) < 4.78 is 0. The van der Waals surface area contributed by atoms with Crippen LogP contribution in [0.1, 0.15) is 24.0 Å². The van der Waals surface area contributed by atoms with Gasteiger partial charge in [0.1, 0.15) is 0 Å². The molecule has 1 amide bonds. The highest BCUT2D eigenvalue weighted by atomic mass is 16.1. The van der Waals surface area contributed by atoms with Crippen LogP contribution in [0.2, 0.25) is 0 Å². The van der Waals surface area contributed by atoms with Crippen LogP contribution >= 0.6 is 0 Å². The second-order valence-corrected chi connectivity index (χ2v) is 9.81. The second-order valence-electron chi connectivity index (χ2n) is 9.81. The van der Waals surface area contributed by atoms with Crippen molar-refractivity contribution in [3.63, 3.8) is 0 Å². The summed E-state index contributed by atoms with van der Waals surface area (Å²) in [5.74, 6) is 2.29. The SMILES string of the molecule is Cc1ccc(/C=C/C(=O)NC[C@@H]2C[C@@H]3C4C=CC=C5C4C(=CN5C)C[C@H]3N(C)C2)cc1. The molecule has 2 aliphatic heterocycles. The lowest BCUT2D eigenvalue weighted by Crippen LogP contribution is -2.54. The number of fused-ring (bicyclic) bond motifs is 2. The van der Waals surface area contributed by atoms with E-state index in [4.69, 9.17) is 0 Å². The van der Waals surface area contributed by atoms with Crippen molar-refractivity contribution in [2.24, 2.45) is 23.7 Å². The van der Waals surface area contributed by atoms with Crippen molar-refractivity contribution in [1.82, 2.24) is 15.1 Å². The molecule has 4 aliphatic rings. The number of aryl methyl sites for hydroxylation is 1. The Labute approximate surface area is 186 Å². The van der Waals surface area contributed by atoms with Gasteiger partial charge in [0.15, 0.2) is 0 Å². The van der Waals surface area contributed by atoms with Gasteiger partial charge in [0.2, 0.25) is 5.91 Å². The molecule has 31 heavy (non-hydrogen) atoms. The topological polar surface area (TPSA) is 35.6 Å². The van der Waals surface area contributed by atoms with E-state index in [-0.39, 0.29) is 5.91 Å². The van der Waals surface area contributed by atoms with Gasteiger partial charge < -0.3 is 15.1 Å². The number of piperidine rings is 1. The Kier molecular flexibility index (Phi) is 5.35. The standard InChI is InChI=1S/C27H33N3O/c1-18-7-9-19(10-8-18)11-12-26(31)28-15-20-13-23-22-5-4-6-24-27(22)21(17-30(24)3)14-25(23)29(2)16-20/h4-12,17,20,22-23,25,27H,13-16H2,1-3H3,(H,28,31)/b12-11+/t20-,22?,23+,25+,27?/m0/s1. The predicted molar refractivity (Wildman–Crippen MR) is 126 cm³/mol. The van der Waals surface area contributed by atoms with E-state index in [0.717, 1.165) is 18.7 Å². The molecule has 0 bridgehead atoms. The molecular formula is C27H33N3O. The van der Waals surface area contributed by atoms with E-state index < -0.39 is 0 Å². The molecule has 2 fully saturated rings. The minimum atomic E-state index is -0.000542. The Morgan fingerprint density at radius 1 is 1.23 bits per heavy atom. The van der Waals surface area contributed by atoms with E-state index in [9.17, 15) is 4.79 Å². The summed E-state index contributed by atoms with van der Waals surface area (Å²) in [6.07, 6.45) is 15.3. The molecule has 0 radical (unpaired) electrons. The van der Waals surface area contributed by atoms with Crippen LogP contribution in [0.4, 0.5) is 0 Å². The number of hydrogen-bond acceptors (Lipinski definition) is 3. The first-order chi connectivity index (χ1) is 15.0. The zero-order valence-electron chi connectivity index (χ0n) is 18.8. The second kappa shape index (κ2) is 8.16. The average Bonchev–Trinajstić information content (AvgIpc) is 3.09. The summed E-state index contributed by atoms with van der Waals surface area (Å²) in [5, 5.41) is 3.16. The van der Waals surface area contributed by atoms with Crippen LogP contribution in [-0.2, 0) is 4.79 Å². The maximum Gasteiger partial charge on any atom is 0.244 e. The Morgan fingerprint density at radius 3 is 2.84 bits per heavy atom. The van der Waals surface area contributed by atoms with E-state index in [1.54, 1.807) is 11.6 Å². The third kappa shape index (κ3) is 3.89. The molecule has 5 atom stereocenters. The van der Waals surface area contributed by atoms with E-state index in [0.29, 0.717) is 29.7 Å². The van der Waals surface area contributed by atoms with Crippen molar-refractivity contribution in [3.05, 3.63) is 77.2 Å². The van der Waals surface area contributed by atoms with Crippen LogP contribution in [0.5, 0.6) is 0 Å². The van der Waals surface area contributed by atoms with Gasteiger partial charge >= 0.3 is 0 Å². The third-order valence-corrected chi connectivity index (χ3v) is 7.69. The number of amides is 1. The fourth-order valence-electron chi connectivity index (χ4n) is 6.19. The number of likely N-dealkylation sites (tertiary alicyclic amines) is 1. The molecule has 0 spiro atoms. The van der Waals surface area contributed by atoms with E-state index in [1.165, 1.54) is 24.1 Å². The first-order valence-electron chi connectivity index (χ1n) is 11.5. The molecule has 1 aromatic carbocycles. The van der Waals surface area contributed by atoms with Crippen molar-refractivity contribution >= 4 is 12.0 Å². The van der Waals surface area contributed by atoms with Crippen LogP contribution in [0.3, 0.4) is 0 Å². The minimum absolute atomic E-state index is 0.000542. The maximum absolute atomic E-state index is 12.4. The summed E-state index contributed by atoms with van der Waals surface area (Å²) in [6.45, 7) is 3.87. The van der Waals surface area contributed by atoms with E-state index in [2.05, 4.69) is 72.7 Å². The van der Waals surface area contributed by atoms with E-state index >= 15 is 0 Å². The highest BCUT2D eigenvalue weighted by molar-refractivity contribution is 5.91. The number of nitrogens with zero attached hydrogens (tertiary/aromatic N) is 2. The van der Waals surface area contributed by atoms with Crippen LogP contribution in [0, 0.1) is 30.6 Å². The fourth-order valence-corrected chi connectivity index (χ4v) is 6.19. The average molecular weight is 416 g/mol. The minimum Gasteiger partial charge on any atom is -0.354 e. The van der Waals surface area contributed by atoms with Gasteiger partial charge in [0.25, 0.3) is 0 Å². The first-order valence-corrected chi connectivity index (χ1v) is 11.5. The van der Waals surface area contributed by atoms with Gasteiger partial charge in [-0.05, 0) is 67.9 Å². The molecule has 1 aromatic rings. The molecule has 2 aliphatic carbocycles. The van der Waals surface area contributed by atoms with Gasteiger partial charge in [-0.25, -0.2) is 0 Å². The normalized spacial score (nSPS) is 31.8. The molecule has 5 rings (SSSR count). The zero-order chi connectivity index (χ0) is 21.5. The van der Waals surface area contributed by atoms with Crippen molar-refractivity contribution < 1.29 is 4.79 Å².